The fourth-order valence-electron chi connectivity index (χ4n) is 7.23. The Labute approximate surface area is 232 Å². The number of hydrogen-bond acceptors (Lipinski definition) is 3. The SMILES string of the molecule is C[C@]12CCC3c4ccc(O)cc4CCC3C1CC(CCCCC[N-]Cc1ccccn1)C2=O.[Cl][Pt][Cl]. The monoisotopic (exact) mass is 710 g/mol. The van der Waals surface area contributed by atoms with E-state index in [1.165, 1.54) is 17.5 Å². The number of nitrogens with zero attached hydrogens (tertiary/aromatic N) is 2. The molecule has 4 unspecified atom stereocenters. The van der Waals surface area contributed by atoms with E-state index >= 15 is 0 Å². The first kappa shape index (κ1) is 28.1. The van der Waals surface area contributed by atoms with E-state index in [4.69, 9.17) is 18.8 Å². The van der Waals surface area contributed by atoms with Crippen LogP contribution >= 0.6 is 18.8 Å². The Kier molecular flexibility index (Phi) is 10.3. The Morgan fingerprint density at radius 2 is 2.00 bits per heavy atom. The minimum absolute atomic E-state index is 0.113. The number of benzene rings is 1. The molecule has 4 nitrogen and oxygen atoms in total. The van der Waals surface area contributed by atoms with Crippen LogP contribution in [0.2, 0.25) is 0 Å². The van der Waals surface area contributed by atoms with Gasteiger partial charge in [0.1, 0.15) is 11.5 Å². The molecule has 1 aromatic carbocycles. The molecule has 1 heterocycles. The number of phenolic OH excluding ortho intramolecular Hbond substituents is 1. The third-order valence-electron chi connectivity index (χ3n) is 8.94. The predicted molar refractivity (Wildman–Crippen MR) is 143 cm³/mol. The Morgan fingerprint density at radius 1 is 1.17 bits per heavy atom. The molecule has 2 saturated carbocycles. The van der Waals surface area contributed by atoms with Crippen molar-refractivity contribution in [1.82, 2.24) is 4.98 Å². The van der Waals surface area contributed by atoms with Crippen molar-refractivity contribution in [3.05, 3.63) is 64.7 Å². The third-order valence-corrected chi connectivity index (χ3v) is 8.94. The second kappa shape index (κ2) is 13.2. The number of unbranched alkanes of at least 4 members (excludes halogenated alkanes) is 2. The number of ketones is 1. The number of fused-ring (bicyclic) bond motifs is 5. The summed E-state index contributed by atoms with van der Waals surface area (Å²) >= 11 is -0.472. The average Bonchev–Trinajstić information content (AvgIpc) is 3.14. The van der Waals surface area contributed by atoms with Crippen LogP contribution in [0.15, 0.2) is 42.6 Å². The molecule has 5 atom stereocenters. The van der Waals surface area contributed by atoms with Crippen molar-refractivity contribution in [2.45, 2.75) is 77.2 Å². The quantitative estimate of drug-likeness (QED) is 0.283. The van der Waals surface area contributed by atoms with Gasteiger partial charge in [-0.05, 0) is 91.7 Å². The number of carbonyl (C=O) groups excluding carboxylic acids is 1. The van der Waals surface area contributed by atoms with Gasteiger partial charge < -0.3 is 10.4 Å². The van der Waals surface area contributed by atoms with Crippen molar-refractivity contribution >= 4 is 24.6 Å². The van der Waals surface area contributed by atoms with Crippen LogP contribution in [0.4, 0.5) is 0 Å². The van der Waals surface area contributed by atoms with Crippen molar-refractivity contribution in [3.8, 4) is 5.75 Å². The van der Waals surface area contributed by atoms with Gasteiger partial charge in [-0.25, -0.2) is 0 Å². The van der Waals surface area contributed by atoms with Gasteiger partial charge in [-0.15, -0.1) is 13.1 Å². The fraction of sp³-hybridized carbons (Fsp3) is 0.586. The maximum absolute atomic E-state index is 13.5. The summed E-state index contributed by atoms with van der Waals surface area (Å²) in [5.74, 6) is 2.92. The molecule has 200 valence electrons. The van der Waals surface area contributed by atoms with E-state index < -0.39 is 16.5 Å². The average molecular weight is 712 g/mol. The van der Waals surface area contributed by atoms with E-state index in [2.05, 4.69) is 23.3 Å². The van der Waals surface area contributed by atoms with Crippen LogP contribution in [0.25, 0.3) is 5.32 Å². The van der Waals surface area contributed by atoms with Crippen molar-refractivity contribution in [2.75, 3.05) is 6.54 Å². The Balaban J connectivity index is 0.000000967. The number of Topliss-reactive ketones (excluding diaryl/α,β-unsaturated/α-hetero) is 1. The van der Waals surface area contributed by atoms with Crippen molar-refractivity contribution in [2.24, 2.45) is 23.2 Å². The zero-order valence-electron chi connectivity index (χ0n) is 21.0. The molecule has 0 spiro atoms. The molecule has 7 heteroatoms. The molecule has 3 aliphatic carbocycles. The summed E-state index contributed by atoms with van der Waals surface area (Å²) in [7, 11) is 9.75. The van der Waals surface area contributed by atoms with E-state index in [1.54, 1.807) is 0 Å². The molecule has 0 radical (unpaired) electrons. The molecule has 0 bridgehead atoms. The van der Waals surface area contributed by atoms with Crippen LogP contribution in [0.3, 0.4) is 0 Å². The molecule has 3 aliphatic rings. The molecular formula is C29H37Cl2N2O2Pt-. The first-order chi connectivity index (χ1) is 17.5. The normalized spacial score (nSPS) is 28.6. The van der Waals surface area contributed by atoms with Gasteiger partial charge in [0.25, 0.3) is 0 Å². The minimum atomic E-state index is -0.472. The third kappa shape index (κ3) is 6.37. The number of aromatic nitrogens is 1. The van der Waals surface area contributed by atoms with E-state index in [0.717, 1.165) is 63.6 Å². The first-order valence-electron chi connectivity index (χ1n) is 13.2. The predicted octanol–water partition coefficient (Wildman–Crippen LogP) is 7.95. The van der Waals surface area contributed by atoms with Gasteiger partial charge in [0, 0.05) is 23.2 Å². The molecule has 2 fully saturated rings. The van der Waals surface area contributed by atoms with Crippen LogP contribution in [0.5, 0.6) is 5.75 Å². The first-order valence-corrected chi connectivity index (χ1v) is 18.8. The summed E-state index contributed by atoms with van der Waals surface area (Å²) in [5.41, 5.74) is 3.69. The van der Waals surface area contributed by atoms with Crippen LogP contribution in [-0.2, 0) is 34.2 Å². The summed E-state index contributed by atoms with van der Waals surface area (Å²) in [6, 6.07) is 11.9. The number of carbonyl (C=O) groups is 1. The maximum atomic E-state index is 13.5. The standard InChI is InChI=1S/C29H37N2O2.2ClH.Pt/c1-29-14-13-25-24-12-10-23(32)17-20(24)9-11-26(25)27(29)18-21(28(29)33)7-3-2-5-15-30-19-22-8-4-6-16-31-22;;;/h4,6,8,10,12,16-17,21,25-27,32H,2-3,5,7,9,11,13-15,18-19H2,1H3;2*1H;/q-1;;;+2/p-2/t21?,25?,26?,27?,29-;;;/m0.../s1. The van der Waals surface area contributed by atoms with Gasteiger partial charge in [0.15, 0.2) is 0 Å². The van der Waals surface area contributed by atoms with Gasteiger partial charge in [0.05, 0.1) is 0 Å². The van der Waals surface area contributed by atoms with Crippen molar-refractivity contribution in [1.29, 1.82) is 0 Å². The van der Waals surface area contributed by atoms with Gasteiger partial charge in [0.2, 0.25) is 0 Å². The summed E-state index contributed by atoms with van der Waals surface area (Å²) in [5, 5.41) is 14.5. The molecule has 36 heavy (non-hydrogen) atoms. The summed E-state index contributed by atoms with van der Waals surface area (Å²) in [4.78, 5) is 17.8. The summed E-state index contributed by atoms with van der Waals surface area (Å²) < 4.78 is 0. The number of aromatic hydroxyl groups is 1. The van der Waals surface area contributed by atoms with E-state index in [0.29, 0.717) is 35.8 Å². The van der Waals surface area contributed by atoms with Gasteiger partial charge in [-0.3, -0.25) is 9.78 Å². The zero-order chi connectivity index (χ0) is 25.5. The molecule has 0 aliphatic heterocycles. The van der Waals surface area contributed by atoms with Crippen LogP contribution in [0, 0.1) is 23.2 Å². The molecule has 2 aromatic rings. The molecule has 0 saturated heterocycles. The summed E-state index contributed by atoms with van der Waals surface area (Å²) in [6.07, 6.45) is 11.7. The van der Waals surface area contributed by atoms with E-state index in [1.807, 2.05) is 36.5 Å². The zero-order valence-corrected chi connectivity index (χ0v) is 24.7. The number of phenols is 1. The van der Waals surface area contributed by atoms with Crippen molar-refractivity contribution in [3.63, 3.8) is 0 Å². The van der Waals surface area contributed by atoms with Crippen LogP contribution in [0.1, 0.15) is 81.0 Å². The summed E-state index contributed by atoms with van der Waals surface area (Å²) in [6.45, 7) is 3.86. The van der Waals surface area contributed by atoms with E-state index in [9.17, 15) is 9.90 Å². The number of aryl methyl sites for hydroxylation is 1. The second-order valence-electron chi connectivity index (χ2n) is 10.9. The number of pyridine rings is 1. The molecular weight excluding hydrogens is 674 g/mol. The van der Waals surface area contributed by atoms with Crippen LogP contribution < -0.4 is 0 Å². The topological polar surface area (TPSA) is 64.3 Å². The molecule has 0 amide bonds. The number of halogens is 2. The number of hydrogen-bond donors (Lipinski definition) is 1. The van der Waals surface area contributed by atoms with Gasteiger partial charge in [-0.2, -0.15) is 0 Å². The fourth-order valence-corrected chi connectivity index (χ4v) is 7.23. The molecule has 1 N–H and O–H groups in total. The Hall–Kier alpha value is -0.932. The molecule has 5 rings (SSSR count). The second-order valence-corrected chi connectivity index (χ2v) is 14.2. The molecule has 1 aromatic heterocycles. The van der Waals surface area contributed by atoms with Gasteiger partial charge in [-0.1, -0.05) is 38.3 Å². The number of rotatable bonds is 8. The van der Waals surface area contributed by atoms with Gasteiger partial charge >= 0.3 is 35.3 Å². The Morgan fingerprint density at radius 3 is 2.78 bits per heavy atom. The van der Waals surface area contributed by atoms with Crippen molar-refractivity contribution < 1.29 is 26.4 Å². The van der Waals surface area contributed by atoms with Crippen LogP contribution in [-0.4, -0.2) is 22.4 Å². The Bertz CT molecular complexity index is 1010. The van der Waals surface area contributed by atoms with E-state index in [-0.39, 0.29) is 11.3 Å².